The van der Waals surface area contributed by atoms with Crippen LogP contribution in [-0.2, 0) is 18.6 Å². The number of hydrogen-bond acceptors (Lipinski definition) is 4. The third kappa shape index (κ3) is 6.23. The van der Waals surface area contributed by atoms with Crippen molar-refractivity contribution in [3.05, 3.63) is 95.6 Å². The summed E-state index contributed by atoms with van der Waals surface area (Å²) < 4.78 is 48.1. The maximum Gasteiger partial charge on any atom is 0.573 e. The van der Waals surface area contributed by atoms with Gasteiger partial charge in [0, 0.05) is 30.7 Å². The molecule has 206 valence electrons. The summed E-state index contributed by atoms with van der Waals surface area (Å²) in [6, 6.07) is 26.0. The first-order chi connectivity index (χ1) is 17.4. The molecule has 0 saturated carbocycles. The summed E-state index contributed by atoms with van der Waals surface area (Å²) in [7, 11) is 1.53. The Morgan fingerprint density at radius 3 is 2.26 bits per heavy atom. The van der Waals surface area contributed by atoms with Gasteiger partial charge in [-0.2, -0.15) is 0 Å². The van der Waals surface area contributed by atoms with Gasteiger partial charge in [0.05, 0.1) is 12.6 Å². The monoisotopic (exact) mass is 568 g/mol. The van der Waals surface area contributed by atoms with Crippen molar-refractivity contribution in [3.63, 3.8) is 0 Å². The van der Waals surface area contributed by atoms with Crippen LogP contribution >= 0.6 is 24.8 Å². The van der Waals surface area contributed by atoms with Crippen molar-refractivity contribution in [2.24, 2.45) is 0 Å². The average molecular weight is 569 g/mol. The van der Waals surface area contributed by atoms with Gasteiger partial charge in [0.1, 0.15) is 11.5 Å². The second-order valence-electron chi connectivity index (χ2n) is 9.63. The first-order valence-corrected chi connectivity index (χ1v) is 12.4. The van der Waals surface area contributed by atoms with Crippen LogP contribution in [0, 0.1) is 0 Å². The van der Waals surface area contributed by atoms with Gasteiger partial charge in [0.25, 0.3) is 0 Å². The Bertz CT molecular complexity index is 1170. The maximum atomic E-state index is 12.8. The number of methoxy groups -OCH3 is 1. The first kappa shape index (κ1) is 30.1. The van der Waals surface area contributed by atoms with Gasteiger partial charge < -0.3 is 14.8 Å². The van der Waals surface area contributed by atoms with E-state index in [0.717, 1.165) is 32.2 Å². The number of alkyl halides is 3. The van der Waals surface area contributed by atoms with Gasteiger partial charge in [0.2, 0.25) is 0 Å². The Morgan fingerprint density at radius 2 is 1.61 bits per heavy atom. The van der Waals surface area contributed by atoms with Crippen molar-refractivity contribution in [1.82, 2.24) is 10.2 Å². The Hall–Kier alpha value is -2.45. The molecule has 0 amide bonds. The number of ether oxygens (including phenoxy) is 2. The number of nitrogens with one attached hydrogen (secondary N) is 1. The molecule has 4 nitrogen and oxygen atoms in total. The topological polar surface area (TPSA) is 33.7 Å². The maximum absolute atomic E-state index is 12.8. The van der Waals surface area contributed by atoms with Crippen LogP contribution < -0.4 is 14.8 Å². The molecule has 2 aliphatic rings. The number of hydrogen-bond donors (Lipinski definition) is 1. The Kier molecular flexibility index (Phi) is 9.98. The standard InChI is InChI=1S/C29H31F3N2O2.2ClH/c1-35-26-14-13-25(36-29(30,31)32)18-22(26)19-33-27-15-12-24-16-17-28(27,23-10-6-3-7-11-23)34(24)20-21-8-4-2-5-9-21;;/h2-11,13-14,18,24,27,33H,12,15-17,19-20H2,1H3;2*1H. The molecule has 2 fully saturated rings. The number of nitrogens with zero attached hydrogens (tertiary/aromatic N) is 1. The highest BCUT2D eigenvalue weighted by atomic mass is 35.5. The van der Waals surface area contributed by atoms with Crippen molar-refractivity contribution < 1.29 is 22.6 Å². The lowest BCUT2D eigenvalue weighted by Gasteiger charge is -2.51. The van der Waals surface area contributed by atoms with E-state index in [1.54, 1.807) is 0 Å². The molecule has 3 aromatic carbocycles. The molecule has 3 atom stereocenters. The summed E-state index contributed by atoms with van der Waals surface area (Å²) in [4.78, 5) is 2.65. The van der Waals surface area contributed by atoms with Gasteiger partial charge in [-0.1, -0.05) is 60.7 Å². The molecule has 0 aromatic heterocycles. The average Bonchev–Trinajstić information content (AvgIpc) is 3.11. The number of fused-ring (bicyclic) bond motifs is 2. The zero-order valence-electron chi connectivity index (χ0n) is 21.1. The molecule has 38 heavy (non-hydrogen) atoms. The van der Waals surface area contributed by atoms with Crippen LogP contribution in [0.4, 0.5) is 13.2 Å². The number of benzene rings is 3. The molecule has 5 rings (SSSR count). The first-order valence-electron chi connectivity index (χ1n) is 12.4. The van der Waals surface area contributed by atoms with Crippen molar-refractivity contribution in [2.45, 2.75) is 62.8 Å². The van der Waals surface area contributed by atoms with Crippen LogP contribution in [0.1, 0.15) is 42.4 Å². The third-order valence-electron chi connectivity index (χ3n) is 7.67. The molecule has 0 spiro atoms. The molecule has 9 heteroatoms. The molecule has 2 heterocycles. The minimum absolute atomic E-state index is 0. The molecule has 2 saturated heterocycles. The van der Waals surface area contributed by atoms with Gasteiger partial charge in [-0.3, -0.25) is 4.90 Å². The van der Waals surface area contributed by atoms with Gasteiger partial charge in [-0.15, -0.1) is 38.0 Å². The van der Waals surface area contributed by atoms with E-state index < -0.39 is 6.36 Å². The summed E-state index contributed by atoms with van der Waals surface area (Å²) in [5.74, 6) is 0.292. The highest BCUT2D eigenvalue weighted by Crippen LogP contribution is 2.51. The van der Waals surface area contributed by atoms with Crippen LogP contribution in [0.3, 0.4) is 0 Å². The molecule has 0 radical (unpaired) electrons. The Balaban J connectivity index is 0.00000200. The fraction of sp³-hybridized carbons (Fsp3) is 0.379. The number of piperidine rings is 1. The van der Waals surface area contributed by atoms with Gasteiger partial charge in [-0.25, -0.2) is 0 Å². The number of rotatable bonds is 8. The number of halogens is 5. The van der Waals surface area contributed by atoms with Crippen molar-refractivity contribution >= 4 is 24.8 Å². The van der Waals surface area contributed by atoms with Crippen LogP contribution in [-0.4, -0.2) is 30.5 Å². The van der Waals surface area contributed by atoms with Crippen LogP contribution in [0.2, 0.25) is 0 Å². The molecule has 2 aliphatic heterocycles. The zero-order chi connectivity index (χ0) is 25.2. The molecule has 2 bridgehead atoms. The third-order valence-corrected chi connectivity index (χ3v) is 7.67. The van der Waals surface area contributed by atoms with E-state index in [9.17, 15) is 13.2 Å². The second kappa shape index (κ2) is 12.6. The predicted molar refractivity (Wildman–Crippen MR) is 147 cm³/mol. The van der Waals surface area contributed by atoms with Gasteiger partial charge in [0.15, 0.2) is 0 Å². The molecule has 3 aromatic rings. The van der Waals surface area contributed by atoms with E-state index in [1.165, 1.54) is 36.4 Å². The smallest absolute Gasteiger partial charge is 0.496 e. The van der Waals surface area contributed by atoms with Crippen LogP contribution in [0.25, 0.3) is 0 Å². The zero-order valence-corrected chi connectivity index (χ0v) is 22.7. The van der Waals surface area contributed by atoms with Crippen molar-refractivity contribution in [3.8, 4) is 11.5 Å². The normalized spacial score (nSPS) is 22.7. The van der Waals surface area contributed by atoms with E-state index >= 15 is 0 Å². The summed E-state index contributed by atoms with van der Waals surface area (Å²) in [5.41, 5.74) is 3.00. The molecule has 1 N–H and O–H groups in total. The summed E-state index contributed by atoms with van der Waals surface area (Å²) in [5, 5.41) is 3.73. The van der Waals surface area contributed by atoms with Gasteiger partial charge >= 0.3 is 6.36 Å². The Morgan fingerprint density at radius 1 is 0.921 bits per heavy atom. The van der Waals surface area contributed by atoms with Crippen LogP contribution in [0.15, 0.2) is 78.9 Å². The molecular formula is C29H33Cl2F3N2O2. The summed E-state index contributed by atoms with van der Waals surface area (Å²) >= 11 is 0. The fourth-order valence-corrected chi connectivity index (χ4v) is 6.17. The SMILES string of the molecule is COc1ccc(OC(F)(F)F)cc1CNC1CCC2CCC1(c1ccccc1)N2Cc1ccccc1.Cl.Cl. The fourth-order valence-electron chi connectivity index (χ4n) is 6.17. The van der Waals surface area contributed by atoms with Gasteiger partial charge in [-0.05, 0) is 55.0 Å². The largest absolute Gasteiger partial charge is 0.573 e. The molecular weight excluding hydrogens is 536 g/mol. The van der Waals surface area contributed by atoms with E-state index in [2.05, 4.69) is 63.5 Å². The highest BCUT2D eigenvalue weighted by molar-refractivity contribution is 5.85. The van der Waals surface area contributed by atoms with E-state index in [0.29, 0.717) is 23.9 Å². The van der Waals surface area contributed by atoms with E-state index in [4.69, 9.17) is 4.74 Å². The summed E-state index contributed by atoms with van der Waals surface area (Å²) in [6.07, 6.45) is -0.519. The van der Waals surface area contributed by atoms with Crippen LogP contribution in [0.5, 0.6) is 11.5 Å². The highest BCUT2D eigenvalue weighted by Gasteiger charge is 2.54. The van der Waals surface area contributed by atoms with Crippen molar-refractivity contribution in [2.75, 3.05) is 7.11 Å². The Labute approximate surface area is 234 Å². The van der Waals surface area contributed by atoms with E-state index in [1.807, 2.05) is 12.1 Å². The lowest BCUT2D eigenvalue weighted by atomic mass is 9.77. The quantitative estimate of drug-likeness (QED) is 0.310. The summed E-state index contributed by atoms with van der Waals surface area (Å²) in [6.45, 7) is 1.23. The lowest BCUT2D eigenvalue weighted by molar-refractivity contribution is -0.274. The van der Waals surface area contributed by atoms with E-state index in [-0.39, 0.29) is 42.1 Å². The minimum atomic E-state index is -4.74. The van der Waals surface area contributed by atoms with Crippen molar-refractivity contribution in [1.29, 1.82) is 0 Å². The predicted octanol–water partition coefficient (Wildman–Crippen LogP) is 7.25. The molecule has 0 aliphatic carbocycles. The molecule has 3 unspecified atom stereocenters. The second-order valence-corrected chi connectivity index (χ2v) is 9.63. The minimum Gasteiger partial charge on any atom is -0.496 e. The lowest BCUT2D eigenvalue weighted by Crippen LogP contribution is -2.60.